The molecule has 1 aliphatic carbocycles. The highest BCUT2D eigenvalue weighted by Crippen LogP contribution is 2.39. The minimum Gasteiger partial charge on any atom is -0.481 e. The van der Waals surface area contributed by atoms with Crippen molar-refractivity contribution in [3.63, 3.8) is 0 Å². The number of thiophene rings is 1. The third-order valence-electron chi connectivity index (χ3n) is 4.40. The minimum absolute atomic E-state index is 0.385. The third kappa shape index (κ3) is 3.37. The molecule has 1 heterocycles. The van der Waals surface area contributed by atoms with Crippen LogP contribution in [-0.2, 0) is 11.2 Å². The summed E-state index contributed by atoms with van der Waals surface area (Å²) in [7, 11) is 2.06. The molecule has 0 spiro atoms. The topological polar surface area (TPSA) is 40.5 Å². The Balaban J connectivity index is 1.95. The van der Waals surface area contributed by atoms with Crippen molar-refractivity contribution in [2.24, 2.45) is 5.41 Å². The van der Waals surface area contributed by atoms with Crippen LogP contribution in [0.5, 0.6) is 0 Å². The van der Waals surface area contributed by atoms with Crippen molar-refractivity contribution in [3.05, 3.63) is 22.4 Å². The highest BCUT2D eigenvalue weighted by Gasteiger charge is 2.42. The molecular weight excluding hydrogens is 258 g/mol. The highest BCUT2D eigenvalue weighted by atomic mass is 32.1. The maximum atomic E-state index is 11.6. The first-order valence-electron chi connectivity index (χ1n) is 6.99. The maximum Gasteiger partial charge on any atom is 0.310 e. The van der Waals surface area contributed by atoms with E-state index in [9.17, 15) is 9.90 Å². The molecule has 0 saturated heterocycles. The molecule has 1 aliphatic rings. The van der Waals surface area contributed by atoms with Crippen LogP contribution in [0.3, 0.4) is 0 Å². The average molecular weight is 281 g/mol. The Bertz CT molecular complexity index is 410. The molecule has 0 radical (unpaired) electrons. The number of carbonyl (C=O) groups is 1. The van der Waals surface area contributed by atoms with Gasteiger partial charge >= 0.3 is 5.97 Å². The van der Waals surface area contributed by atoms with Crippen LogP contribution >= 0.6 is 11.3 Å². The van der Waals surface area contributed by atoms with Gasteiger partial charge in [-0.2, -0.15) is 0 Å². The Morgan fingerprint density at radius 1 is 1.53 bits per heavy atom. The van der Waals surface area contributed by atoms with Gasteiger partial charge in [-0.05, 0) is 44.7 Å². The molecule has 1 fully saturated rings. The molecule has 1 N–H and O–H groups in total. The molecule has 1 unspecified atom stereocenters. The second kappa shape index (κ2) is 6.06. The lowest BCUT2D eigenvalue weighted by atomic mass is 9.85. The number of carboxylic acid groups (broad SMARTS) is 1. The predicted octanol–water partition coefficient (Wildman–Crippen LogP) is 3.26. The summed E-state index contributed by atoms with van der Waals surface area (Å²) in [6, 6.07) is 4.61. The lowest BCUT2D eigenvalue weighted by Gasteiger charge is -2.33. The van der Waals surface area contributed by atoms with Crippen molar-refractivity contribution in [2.75, 3.05) is 13.6 Å². The molecule has 1 atom stereocenters. The fourth-order valence-electron chi connectivity index (χ4n) is 3.00. The number of likely N-dealkylation sites (N-methyl/N-ethyl adjacent to an activating group) is 1. The van der Waals surface area contributed by atoms with E-state index < -0.39 is 11.4 Å². The summed E-state index contributed by atoms with van der Waals surface area (Å²) >= 11 is 1.77. The van der Waals surface area contributed by atoms with E-state index in [1.165, 1.54) is 4.88 Å². The number of hydrogen-bond acceptors (Lipinski definition) is 3. The lowest BCUT2D eigenvalue weighted by molar-refractivity contribution is -0.150. The van der Waals surface area contributed by atoms with Gasteiger partial charge < -0.3 is 10.0 Å². The van der Waals surface area contributed by atoms with Crippen molar-refractivity contribution in [3.8, 4) is 0 Å². The number of aliphatic carboxylic acids is 1. The summed E-state index contributed by atoms with van der Waals surface area (Å²) in [6.45, 7) is 2.86. The fourth-order valence-corrected chi connectivity index (χ4v) is 3.83. The van der Waals surface area contributed by atoms with Crippen LogP contribution in [0.4, 0.5) is 0 Å². The normalized spacial score (nSPS) is 19.7. The van der Waals surface area contributed by atoms with E-state index in [-0.39, 0.29) is 0 Å². The van der Waals surface area contributed by atoms with Gasteiger partial charge in [0.1, 0.15) is 0 Å². The largest absolute Gasteiger partial charge is 0.481 e. The quantitative estimate of drug-likeness (QED) is 0.870. The Morgan fingerprint density at radius 3 is 2.74 bits per heavy atom. The zero-order chi connectivity index (χ0) is 13.9. The van der Waals surface area contributed by atoms with Crippen molar-refractivity contribution in [1.29, 1.82) is 0 Å². The molecule has 106 valence electrons. The first-order valence-corrected chi connectivity index (χ1v) is 7.87. The fraction of sp³-hybridized carbons (Fsp3) is 0.667. The van der Waals surface area contributed by atoms with Crippen LogP contribution in [0.25, 0.3) is 0 Å². The molecule has 1 aromatic heterocycles. The van der Waals surface area contributed by atoms with Gasteiger partial charge in [0.25, 0.3) is 0 Å². The Morgan fingerprint density at radius 2 is 2.21 bits per heavy atom. The van der Waals surface area contributed by atoms with Gasteiger partial charge in [-0.1, -0.05) is 18.9 Å². The van der Waals surface area contributed by atoms with E-state index in [4.69, 9.17) is 0 Å². The van der Waals surface area contributed by atoms with Crippen molar-refractivity contribution in [1.82, 2.24) is 4.90 Å². The molecule has 19 heavy (non-hydrogen) atoms. The Kier molecular flexibility index (Phi) is 4.63. The summed E-state index contributed by atoms with van der Waals surface area (Å²) in [5.74, 6) is -0.611. The monoisotopic (exact) mass is 281 g/mol. The molecular formula is C15H23NO2S. The maximum absolute atomic E-state index is 11.6. The van der Waals surface area contributed by atoms with Gasteiger partial charge in [-0.25, -0.2) is 0 Å². The van der Waals surface area contributed by atoms with E-state index in [1.54, 1.807) is 11.3 Å². The van der Waals surface area contributed by atoms with E-state index in [2.05, 4.69) is 36.4 Å². The Labute approximate surface area is 119 Å². The molecule has 0 aromatic carbocycles. The minimum atomic E-state index is -0.611. The van der Waals surface area contributed by atoms with Crippen LogP contribution in [0.15, 0.2) is 17.5 Å². The predicted molar refractivity (Wildman–Crippen MR) is 78.7 cm³/mol. The molecule has 2 rings (SSSR count). The first-order chi connectivity index (χ1) is 9.03. The lowest BCUT2D eigenvalue weighted by Crippen LogP contribution is -2.43. The number of hydrogen-bond donors (Lipinski definition) is 1. The van der Waals surface area contributed by atoms with Crippen LogP contribution in [0, 0.1) is 5.41 Å². The van der Waals surface area contributed by atoms with Gasteiger partial charge in [-0.15, -0.1) is 11.3 Å². The number of carboxylic acids is 1. The second-order valence-electron chi connectivity index (χ2n) is 5.84. The van der Waals surface area contributed by atoms with Crippen LogP contribution < -0.4 is 0 Å². The first kappa shape index (κ1) is 14.5. The van der Waals surface area contributed by atoms with Gasteiger partial charge in [0.2, 0.25) is 0 Å². The SMILES string of the molecule is CC(Cc1cccs1)N(C)CC1(C(=O)O)CCCC1. The van der Waals surface area contributed by atoms with E-state index in [0.717, 1.165) is 32.1 Å². The summed E-state index contributed by atoms with van der Waals surface area (Å²) < 4.78 is 0. The molecule has 0 bridgehead atoms. The van der Waals surface area contributed by atoms with Crippen molar-refractivity contribution < 1.29 is 9.90 Å². The second-order valence-corrected chi connectivity index (χ2v) is 6.87. The van der Waals surface area contributed by atoms with Crippen LogP contribution in [0.2, 0.25) is 0 Å². The van der Waals surface area contributed by atoms with Gasteiger partial charge in [0.05, 0.1) is 5.41 Å². The molecule has 3 nitrogen and oxygen atoms in total. The van der Waals surface area contributed by atoms with Gasteiger partial charge in [0, 0.05) is 17.5 Å². The zero-order valence-corrected chi connectivity index (χ0v) is 12.6. The smallest absolute Gasteiger partial charge is 0.310 e. The average Bonchev–Trinajstić information content (AvgIpc) is 3.00. The standard InChI is InChI=1S/C15H23NO2S/c1-12(10-13-6-5-9-19-13)16(2)11-15(14(17)18)7-3-4-8-15/h5-6,9,12H,3-4,7-8,10-11H2,1-2H3,(H,17,18). The van der Waals surface area contributed by atoms with Crippen molar-refractivity contribution in [2.45, 2.75) is 45.1 Å². The summed E-state index contributed by atoms with van der Waals surface area (Å²) in [6.07, 6.45) is 4.78. The molecule has 4 heteroatoms. The summed E-state index contributed by atoms with van der Waals surface area (Å²) in [4.78, 5) is 15.2. The zero-order valence-electron chi connectivity index (χ0n) is 11.8. The number of nitrogens with zero attached hydrogens (tertiary/aromatic N) is 1. The van der Waals surface area contributed by atoms with E-state index >= 15 is 0 Å². The molecule has 0 amide bonds. The van der Waals surface area contributed by atoms with Crippen LogP contribution in [-0.4, -0.2) is 35.6 Å². The molecule has 0 aliphatic heterocycles. The van der Waals surface area contributed by atoms with Gasteiger partial charge in [-0.3, -0.25) is 4.79 Å². The van der Waals surface area contributed by atoms with Gasteiger partial charge in [0.15, 0.2) is 0 Å². The molecule has 1 saturated carbocycles. The molecule has 1 aromatic rings. The Hall–Kier alpha value is -0.870. The summed E-state index contributed by atoms with van der Waals surface area (Å²) in [5, 5.41) is 11.6. The highest BCUT2D eigenvalue weighted by molar-refractivity contribution is 7.09. The van der Waals surface area contributed by atoms with E-state index in [0.29, 0.717) is 12.6 Å². The number of rotatable bonds is 6. The van der Waals surface area contributed by atoms with E-state index in [1.807, 2.05) is 0 Å². The van der Waals surface area contributed by atoms with Crippen molar-refractivity contribution >= 4 is 17.3 Å². The van der Waals surface area contributed by atoms with Crippen LogP contribution in [0.1, 0.15) is 37.5 Å². The third-order valence-corrected chi connectivity index (χ3v) is 5.29. The summed E-state index contributed by atoms with van der Waals surface area (Å²) in [5.41, 5.74) is -0.502.